The molecule has 0 aliphatic heterocycles. The number of esters is 1. The minimum atomic E-state index is -0.252. The molecule has 5 nitrogen and oxygen atoms in total. The van der Waals surface area contributed by atoms with Gasteiger partial charge in [0.05, 0.1) is 13.0 Å². The van der Waals surface area contributed by atoms with Crippen LogP contribution in [-0.2, 0) is 16.0 Å². The molecule has 6 heteroatoms. The molecule has 0 aliphatic rings. The molecule has 1 heterocycles. The van der Waals surface area contributed by atoms with Gasteiger partial charge in [0.15, 0.2) is 0 Å². The first-order valence-corrected chi connectivity index (χ1v) is 6.36. The number of ether oxygens (including phenoxy) is 1. The van der Waals surface area contributed by atoms with Crippen LogP contribution < -0.4 is 5.56 Å². The molecular formula is C11H16N2O3S. The van der Waals surface area contributed by atoms with Gasteiger partial charge in [-0.05, 0) is 0 Å². The fourth-order valence-corrected chi connectivity index (χ4v) is 2.13. The zero-order valence-electron chi connectivity index (χ0n) is 10.1. The van der Waals surface area contributed by atoms with Crippen molar-refractivity contribution in [2.45, 2.75) is 25.3 Å². The summed E-state index contributed by atoms with van der Waals surface area (Å²) in [7, 11) is 1.37. The average Bonchev–Trinajstić information content (AvgIpc) is 2.34. The van der Waals surface area contributed by atoms with Crippen LogP contribution in [0.25, 0.3) is 0 Å². The minimum absolute atomic E-state index is 0.162. The molecule has 1 unspecified atom stereocenters. The van der Waals surface area contributed by atoms with Gasteiger partial charge in [-0.1, -0.05) is 13.8 Å². The number of carbonyl (C=O) groups excluding carboxylic acids is 1. The summed E-state index contributed by atoms with van der Waals surface area (Å²) < 4.78 is 4.63. The molecule has 0 amide bonds. The molecule has 0 aromatic carbocycles. The van der Waals surface area contributed by atoms with Gasteiger partial charge in [0.25, 0.3) is 5.56 Å². The second-order valence-corrected chi connectivity index (χ2v) is 4.66. The molecule has 1 aromatic rings. The lowest BCUT2D eigenvalue weighted by Crippen LogP contribution is -2.15. The van der Waals surface area contributed by atoms with Crippen molar-refractivity contribution in [2.24, 2.45) is 5.92 Å². The lowest BCUT2D eigenvalue weighted by molar-refractivity contribution is -0.143. The number of thioether (sulfide) groups is 1. The number of aryl methyl sites for hydroxylation is 1. The Morgan fingerprint density at radius 3 is 2.94 bits per heavy atom. The first kappa shape index (κ1) is 13.8. The van der Waals surface area contributed by atoms with E-state index < -0.39 is 0 Å². The average molecular weight is 256 g/mol. The summed E-state index contributed by atoms with van der Waals surface area (Å²) in [5, 5.41) is 0.640. The highest BCUT2D eigenvalue weighted by molar-refractivity contribution is 7.99. The topological polar surface area (TPSA) is 72.0 Å². The number of hydrogen-bond acceptors (Lipinski definition) is 5. The molecule has 0 spiro atoms. The Morgan fingerprint density at radius 2 is 2.35 bits per heavy atom. The number of rotatable bonds is 5. The van der Waals surface area contributed by atoms with Gasteiger partial charge in [0.2, 0.25) is 0 Å². The van der Waals surface area contributed by atoms with Gasteiger partial charge in [-0.3, -0.25) is 9.59 Å². The summed E-state index contributed by atoms with van der Waals surface area (Å²) in [6.07, 6.45) is 0.677. The maximum atomic E-state index is 11.3. The summed E-state index contributed by atoms with van der Waals surface area (Å²) in [5.41, 5.74) is -0.162. The molecule has 0 radical (unpaired) electrons. The first-order chi connectivity index (χ1) is 8.06. The van der Waals surface area contributed by atoms with Crippen molar-refractivity contribution in [3.63, 3.8) is 0 Å². The van der Waals surface area contributed by atoms with Crippen molar-refractivity contribution in [3.8, 4) is 0 Å². The number of carbonyl (C=O) groups is 1. The smallest absolute Gasteiger partial charge is 0.309 e. The van der Waals surface area contributed by atoms with Crippen LogP contribution >= 0.6 is 11.8 Å². The Kier molecular flexibility index (Phi) is 5.21. The summed E-state index contributed by atoms with van der Waals surface area (Å²) in [4.78, 5) is 29.4. The van der Waals surface area contributed by atoms with Crippen LogP contribution in [0.2, 0.25) is 0 Å². The van der Waals surface area contributed by atoms with Crippen LogP contribution in [0.1, 0.15) is 19.7 Å². The summed E-state index contributed by atoms with van der Waals surface area (Å²) in [6.45, 7) is 3.70. The second-order valence-electron chi connectivity index (χ2n) is 3.62. The quantitative estimate of drug-likeness (QED) is 0.487. The van der Waals surface area contributed by atoms with E-state index in [4.69, 9.17) is 0 Å². The lowest BCUT2D eigenvalue weighted by Gasteiger charge is -2.08. The number of hydrogen-bond donors (Lipinski definition) is 1. The first-order valence-electron chi connectivity index (χ1n) is 5.37. The van der Waals surface area contributed by atoms with E-state index in [0.29, 0.717) is 23.0 Å². The normalized spacial score (nSPS) is 12.2. The monoisotopic (exact) mass is 256 g/mol. The highest BCUT2D eigenvalue weighted by Gasteiger charge is 2.13. The van der Waals surface area contributed by atoms with Gasteiger partial charge in [-0.25, -0.2) is 4.98 Å². The van der Waals surface area contributed by atoms with Crippen LogP contribution in [0.15, 0.2) is 15.9 Å². The predicted molar refractivity (Wildman–Crippen MR) is 66.1 cm³/mol. The van der Waals surface area contributed by atoms with Crippen LogP contribution in [0.3, 0.4) is 0 Å². The fraction of sp³-hybridized carbons (Fsp3) is 0.545. The second kappa shape index (κ2) is 6.44. The van der Waals surface area contributed by atoms with E-state index in [9.17, 15) is 9.59 Å². The summed E-state index contributed by atoms with van der Waals surface area (Å²) in [5.74, 6) is 0.742. The molecule has 0 aliphatic carbocycles. The molecular weight excluding hydrogens is 240 g/mol. The molecule has 17 heavy (non-hydrogen) atoms. The standard InChI is InChI=1S/C11H16N2O3S/c1-4-8-12-9(14)5-10(13-8)17-6-7(2)11(15)16-3/h5,7H,4,6H2,1-3H3,(H,12,13,14). The van der Waals surface area contributed by atoms with E-state index in [1.165, 1.54) is 24.9 Å². The van der Waals surface area contributed by atoms with E-state index in [0.717, 1.165) is 0 Å². The molecule has 0 saturated heterocycles. The maximum Gasteiger partial charge on any atom is 0.309 e. The van der Waals surface area contributed by atoms with Crippen LogP contribution in [0, 0.1) is 5.92 Å². The lowest BCUT2D eigenvalue weighted by atomic mass is 10.2. The number of aromatic amines is 1. The number of methoxy groups -OCH3 is 1. The van der Waals surface area contributed by atoms with Crippen molar-refractivity contribution in [2.75, 3.05) is 12.9 Å². The third-order valence-electron chi connectivity index (χ3n) is 2.19. The molecule has 0 fully saturated rings. The van der Waals surface area contributed by atoms with E-state index in [2.05, 4.69) is 14.7 Å². The van der Waals surface area contributed by atoms with E-state index in [-0.39, 0.29) is 17.4 Å². The van der Waals surface area contributed by atoms with Crippen molar-refractivity contribution in [1.82, 2.24) is 9.97 Å². The van der Waals surface area contributed by atoms with Gasteiger partial charge >= 0.3 is 5.97 Å². The zero-order chi connectivity index (χ0) is 12.8. The predicted octanol–water partition coefficient (Wildman–Crippen LogP) is 1.23. The highest BCUT2D eigenvalue weighted by Crippen LogP contribution is 2.17. The van der Waals surface area contributed by atoms with Crippen molar-refractivity contribution in [1.29, 1.82) is 0 Å². The van der Waals surface area contributed by atoms with Gasteiger partial charge < -0.3 is 9.72 Å². The Hall–Kier alpha value is -1.30. The Bertz CT molecular complexity index is 445. The molecule has 94 valence electrons. The molecule has 1 rings (SSSR count). The molecule has 1 N–H and O–H groups in total. The van der Waals surface area contributed by atoms with Gasteiger partial charge in [0.1, 0.15) is 10.9 Å². The third-order valence-corrected chi connectivity index (χ3v) is 3.36. The van der Waals surface area contributed by atoms with Gasteiger partial charge in [-0.15, -0.1) is 11.8 Å². The van der Waals surface area contributed by atoms with Gasteiger partial charge in [0, 0.05) is 18.2 Å². The van der Waals surface area contributed by atoms with Crippen LogP contribution in [0.5, 0.6) is 0 Å². The fourth-order valence-electron chi connectivity index (χ4n) is 1.20. The molecule has 1 aromatic heterocycles. The number of nitrogens with zero attached hydrogens (tertiary/aromatic N) is 1. The number of nitrogens with one attached hydrogen (secondary N) is 1. The Balaban J connectivity index is 2.66. The van der Waals surface area contributed by atoms with Crippen LogP contribution in [-0.4, -0.2) is 28.8 Å². The van der Waals surface area contributed by atoms with Gasteiger partial charge in [-0.2, -0.15) is 0 Å². The summed E-state index contributed by atoms with van der Waals surface area (Å²) >= 11 is 1.38. The largest absolute Gasteiger partial charge is 0.469 e. The molecule has 0 saturated carbocycles. The highest BCUT2D eigenvalue weighted by atomic mass is 32.2. The van der Waals surface area contributed by atoms with Crippen LogP contribution in [0.4, 0.5) is 0 Å². The maximum absolute atomic E-state index is 11.3. The minimum Gasteiger partial charge on any atom is -0.469 e. The molecule has 1 atom stereocenters. The Morgan fingerprint density at radius 1 is 1.65 bits per heavy atom. The molecule has 0 bridgehead atoms. The van der Waals surface area contributed by atoms with Crippen molar-refractivity contribution < 1.29 is 9.53 Å². The number of H-pyrrole nitrogens is 1. The Labute approximate surface area is 104 Å². The van der Waals surface area contributed by atoms with E-state index in [1.54, 1.807) is 6.92 Å². The number of aromatic nitrogens is 2. The third kappa shape index (κ3) is 4.22. The van der Waals surface area contributed by atoms with E-state index in [1.807, 2.05) is 6.92 Å². The summed E-state index contributed by atoms with van der Waals surface area (Å²) in [6, 6.07) is 1.44. The van der Waals surface area contributed by atoms with Crippen molar-refractivity contribution in [3.05, 3.63) is 22.2 Å². The zero-order valence-corrected chi connectivity index (χ0v) is 11.0. The SMILES string of the molecule is CCc1nc(SCC(C)C(=O)OC)cc(=O)[nH]1. The van der Waals surface area contributed by atoms with Crippen molar-refractivity contribution >= 4 is 17.7 Å². The van der Waals surface area contributed by atoms with E-state index >= 15 is 0 Å².